The summed E-state index contributed by atoms with van der Waals surface area (Å²) < 4.78 is 0. The van der Waals surface area contributed by atoms with Crippen molar-refractivity contribution in [1.82, 2.24) is 4.98 Å². The number of nitrogens with two attached hydrogens (primary N) is 1. The van der Waals surface area contributed by atoms with E-state index in [0.717, 1.165) is 34.6 Å². The Bertz CT molecular complexity index is 685. The first-order chi connectivity index (χ1) is 10.1. The van der Waals surface area contributed by atoms with Crippen LogP contribution in [0.4, 0.5) is 5.82 Å². The van der Waals surface area contributed by atoms with Crippen molar-refractivity contribution in [3.8, 4) is 0 Å². The van der Waals surface area contributed by atoms with Gasteiger partial charge in [-0.25, -0.2) is 4.98 Å². The Morgan fingerprint density at radius 1 is 1.38 bits per heavy atom. The molecule has 4 nitrogen and oxygen atoms in total. The molecule has 0 bridgehead atoms. The minimum atomic E-state index is 0.0990. The van der Waals surface area contributed by atoms with E-state index in [4.69, 9.17) is 16.1 Å². The molecule has 0 aliphatic carbocycles. The van der Waals surface area contributed by atoms with Gasteiger partial charge >= 0.3 is 0 Å². The minimum absolute atomic E-state index is 0.0990. The third-order valence-corrected chi connectivity index (χ3v) is 5.51. The van der Waals surface area contributed by atoms with Crippen LogP contribution in [0.25, 0.3) is 10.9 Å². The van der Waals surface area contributed by atoms with Crippen LogP contribution in [0.3, 0.4) is 0 Å². The number of amidine groups is 1. The maximum atomic E-state index is 7.85. The number of thioether (sulfide) groups is 1. The molecule has 1 fully saturated rings. The third-order valence-electron chi connectivity index (χ3n) is 4.17. The lowest BCUT2D eigenvalue weighted by Gasteiger charge is -2.38. The van der Waals surface area contributed by atoms with E-state index in [-0.39, 0.29) is 5.84 Å². The van der Waals surface area contributed by atoms with Crippen LogP contribution in [0.1, 0.15) is 19.4 Å². The number of rotatable bonds is 2. The lowest BCUT2D eigenvalue weighted by Crippen LogP contribution is -2.45. The average Bonchev–Trinajstić information content (AvgIpc) is 2.48. The number of anilines is 1. The second kappa shape index (κ2) is 5.56. The van der Waals surface area contributed by atoms with Gasteiger partial charge in [-0.3, -0.25) is 5.41 Å². The number of hydrogen-bond donors (Lipinski definition) is 2. The van der Waals surface area contributed by atoms with E-state index in [1.807, 2.05) is 42.1 Å². The van der Waals surface area contributed by atoms with Crippen molar-refractivity contribution in [2.75, 3.05) is 17.2 Å². The summed E-state index contributed by atoms with van der Waals surface area (Å²) >= 11 is 2.00. The van der Waals surface area contributed by atoms with Crippen LogP contribution in [-0.4, -0.2) is 34.4 Å². The number of pyridine rings is 1. The van der Waals surface area contributed by atoms with E-state index in [1.165, 1.54) is 0 Å². The van der Waals surface area contributed by atoms with Gasteiger partial charge < -0.3 is 10.6 Å². The molecular formula is C16H20N4S. The van der Waals surface area contributed by atoms with Crippen molar-refractivity contribution in [3.05, 3.63) is 35.9 Å². The van der Waals surface area contributed by atoms with Crippen molar-refractivity contribution in [1.29, 1.82) is 5.41 Å². The lowest BCUT2D eigenvalue weighted by molar-refractivity contribution is 0.621. The summed E-state index contributed by atoms with van der Waals surface area (Å²) in [6.07, 6.45) is 0. The van der Waals surface area contributed by atoms with Gasteiger partial charge in [0.15, 0.2) is 0 Å². The zero-order chi connectivity index (χ0) is 15.0. The molecule has 2 atom stereocenters. The van der Waals surface area contributed by atoms with Crippen molar-refractivity contribution in [3.63, 3.8) is 0 Å². The van der Waals surface area contributed by atoms with Crippen LogP contribution < -0.4 is 10.6 Å². The van der Waals surface area contributed by atoms with E-state index in [0.29, 0.717) is 11.3 Å². The summed E-state index contributed by atoms with van der Waals surface area (Å²) in [5.41, 5.74) is 7.45. The maximum Gasteiger partial charge on any atom is 0.130 e. The fourth-order valence-electron chi connectivity index (χ4n) is 2.79. The van der Waals surface area contributed by atoms with Gasteiger partial charge in [0, 0.05) is 34.5 Å². The SMILES string of the molecule is CC1SCCN(c2cc(C(=N)N)c3ccccc3n2)C1C. The van der Waals surface area contributed by atoms with Crippen LogP contribution in [-0.2, 0) is 0 Å². The largest absolute Gasteiger partial charge is 0.384 e. The first-order valence-electron chi connectivity index (χ1n) is 7.20. The molecule has 0 amide bonds. The minimum Gasteiger partial charge on any atom is -0.384 e. The number of fused-ring (bicyclic) bond motifs is 1. The van der Waals surface area contributed by atoms with Gasteiger partial charge in [-0.2, -0.15) is 11.8 Å². The van der Waals surface area contributed by atoms with E-state index in [2.05, 4.69) is 18.7 Å². The van der Waals surface area contributed by atoms with E-state index < -0.39 is 0 Å². The Hall–Kier alpha value is -1.75. The predicted octanol–water partition coefficient (Wildman–Crippen LogP) is 2.85. The maximum absolute atomic E-state index is 7.85. The predicted molar refractivity (Wildman–Crippen MR) is 91.5 cm³/mol. The molecule has 1 aliphatic rings. The second-order valence-electron chi connectivity index (χ2n) is 5.47. The molecule has 1 aromatic heterocycles. The number of nitrogens with one attached hydrogen (secondary N) is 1. The zero-order valence-corrected chi connectivity index (χ0v) is 13.2. The Morgan fingerprint density at radius 2 is 2.14 bits per heavy atom. The quantitative estimate of drug-likeness (QED) is 0.661. The topological polar surface area (TPSA) is 66.0 Å². The summed E-state index contributed by atoms with van der Waals surface area (Å²) in [5, 5.41) is 9.37. The van der Waals surface area contributed by atoms with E-state index in [9.17, 15) is 0 Å². The van der Waals surface area contributed by atoms with E-state index in [1.54, 1.807) is 0 Å². The van der Waals surface area contributed by atoms with Gasteiger partial charge in [-0.1, -0.05) is 25.1 Å². The van der Waals surface area contributed by atoms with E-state index >= 15 is 0 Å². The standard InChI is InChI=1S/C16H20N4S/c1-10-11(2)21-8-7-20(10)15-9-13(16(17)18)12-5-3-4-6-14(12)19-15/h3-6,9-11H,7-8H2,1-2H3,(H3,17,18). The Morgan fingerprint density at radius 3 is 2.90 bits per heavy atom. The van der Waals surface area contributed by atoms with Crippen molar-refractivity contribution < 1.29 is 0 Å². The van der Waals surface area contributed by atoms with Crippen LogP contribution in [0, 0.1) is 5.41 Å². The Labute approximate surface area is 129 Å². The highest BCUT2D eigenvalue weighted by Crippen LogP contribution is 2.30. The van der Waals surface area contributed by atoms with Crippen LogP contribution in [0.2, 0.25) is 0 Å². The highest BCUT2D eigenvalue weighted by Gasteiger charge is 2.26. The molecule has 3 N–H and O–H groups in total. The molecule has 0 radical (unpaired) electrons. The molecule has 5 heteroatoms. The highest BCUT2D eigenvalue weighted by molar-refractivity contribution is 8.00. The first kappa shape index (κ1) is 14.2. The molecule has 0 spiro atoms. The molecule has 2 heterocycles. The number of nitrogens with zero attached hydrogens (tertiary/aromatic N) is 2. The highest BCUT2D eigenvalue weighted by atomic mass is 32.2. The Kier molecular flexibility index (Phi) is 3.76. The molecular weight excluding hydrogens is 280 g/mol. The number of nitrogen functional groups attached to an aromatic ring is 1. The zero-order valence-electron chi connectivity index (χ0n) is 12.3. The first-order valence-corrected chi connectivity index (χ1v) is 8.25. The lowest BCUT2D eigenvalue weighted by atomic mass is 10.1. The van der Waals surface area contributed by atoms with Crippen molar-refractivity contribution >= 4 is 34.3 Å². The molecule has 1 saturated heterocycles. The summed E-state index contributed by atoms with van der Waals surface area (Å²) in [7, 11) is 0. The van der Waals surface area contributed by atoms with Gasteiger partial charge in [-0.05, 0) is 19.1 Å². The molecule has 110 valence electrons. The van der Waals surface area contributed by atoms with Crippen LogP contribution >= 0.6 is 11.8 Å². The van der Waals surface area contributed by atoms with Gasteiger partial charge in [0.2, 0.25) is 0 Å². The molecule has 0 saturated carbocycles. The van der Waals surface area contributed by atoms with Gasteiger partial charge in [-0.15, -0.1) is 0 Å². The summed E-state index contributed by atoms with van der Waals surface area (Å²) in [4.78, 5) is 7.12. The smallest absolute Gasteiger partial charge is 0.130 e. The second-order valence-corrected chi connectivity index (χ2v) is 6.95. The van der Waals surface area contributed by atoms with Gasteiger partial charge in [0.1, 0.15) is 11.7 Å². The fourth-order valence-corrected chi connectivity index (χ4v) is 3.89. The number of hydrogen-bond acceptors (Lipinski definition) is 4. The third kappa shape index (κ3) is 2.58. The van der Waals surface area contributed by atoms with Crippen molar-refractivity contribution in [2.45, 2.75) is 25.1 Å². The molecule has 2 aromatic rings. The fraction of sp³-hybridized carbons (Fsp3) is 0.375. The van der Waals surface area contributed by atoms with Gasteiger partial charge in [0.05, 0.1) is 5.52 Å². The summed E-state index contributed by atoms with van der Waals surface area (Å²) in [5.74, 6) is 2.13. The number of aromatic nitrogens is 1. The summed E-state index contributed by atoms with van der Waals surface area (Å²) in [6, 6.07) is 10.3. The molecule has 3 rings (SSSR count). The normalized spacial score (nSPS) is 22.5. The van der Waals surface area contributed by atoms with Crippen LogP contribution in [0.15, 0.2) is 30.3 Å². The monoisotopic (exact) mass is 300 g/mol. The average molecular weight is 300 g/mol. The molecule has 21 heavy (non-hydrogen) atoms. The summed E-state index contributed by atoms with van der Waals surface area (Å²) in [6.45, 7) is 5.48. The van der Waals surface area contributed by atoms with Crippen LogP contribution in [0.5, 0.6) is 0 Å². The number of para-hydroxylation sites is 1. The molecule has 1 aliphatic heterocycles. The van der Waals surface area contributed by atoms with Gasteiger partial charge in [0.25, 0.3) is 0 Å². The number of benzene rings is 1. The van der Waals surface area contributed by atoms with Crippen molar-refractivity contribution in [2.24, 2.45) is 5.73 Å². The molecule has 2 unspecified atom stereocenters. The Balaban J connectivity index is 2.13. The molecule has 1 aromatic carbocycles.